The molecule has 116 valence electrons. The Hall–Kier alpha value is -2.24. The third kappa shape index (κ3) is 4.98. The lowest BCUT2D eigenvalue weighted by Crippen LogP contribution is -2.39. The number of benzene rings is 1. The summed E-state index contributed by atoms with van der Waals surface area (Å²) >= 11 is 0. The van der Waals surface area contributed by atoms with Crippen molar-refractivity contribution in [2.24, 2.45) is 5.92 Å². The molecule has 0 spiro atoms. The molecule has 1 aromatic rings. The molecule has 1 rings (SSSR count). The number of carbonyl (C=O) groups excluding carboxylic acids is 2. The summed E-state index contributed by atoms with van der Waals surface area (Å²) in [5, 5.41) is 2.77. The standard InChI is InChI=1S/C15H23N3O3/c1-10(2)8-17-14(19)9-18(3)15(20)12-6-5-11(21-4)7-13(12)16/h5-7,10H,8-9,16H2,1-4H3,(H,17,19). The molecular formula is C15H23N3O3. The molecule has 2 amide bonds. The summed E-state index contributed by atoms with van der Waals surface area (Å²) in [6.07, 6.45) is 0. The molecule has 0 saturated heterocycles. The molecule has 0 fully saturated rings. The Morgan fingerprint density at radius 2 is 2.05 bits per heavy atom. The molecule has 0 aliphatic rings. The number of hydrogen-bond acceptors (Lipinski definition) is 4. The SMILES string of the molecule is COc1ccc(C(=O)N(C)CC(=O)NCC(C)C)c(N)c1. The van der Waals surface area contributed by atoms with Crippen molar-refractivity contribution in [1.29, 1.82) is 0 Å². The number of nitrogens with one attached hydrogen (secondary N) is 1. The zero-order valence-electron chi connectivity index (χ0n) is 13.0. The van der Waals surface area contributed by atoms with E-state index in [4.69, 9.17) is 10.5 Å². The number of rotatable bonds is 6. The Balaban J connectivity index is 2.68. The van der Waals surface area contributed by atoms with Crippen LogP contribution in [0.4, 0.5) is 5.69 Å². The molecule has 21 heavy (non-hydrogen) atoms. The van der Waals surface area contributed by atoms with Gasteiger partial charge in [0.1, 0.15) is 5.75 Å². The van der Waals surface area contributed by atoms with Gasteiger partial charge >= 0.3 is 0 Å². The lowest BCUT2D eigenvalue weighted by Gasteiger charge is -2.18. The second-order valence-electron chi connectivity index (χ2n) is 5.31. The van der Waals surface area contributed by atoms with Crippen molar-refractivity contribution in [3.63, 3.8) is 0 Å². The molecule has 1 aromatic carbocycles. The normalized spacial score (nSPS) is 10.3. The Labute approximate surface area is 125 Å². The van der Waals surface area contributed by atoms with Crippen molar-refractivity contribution in [1.82, 2.24) is 10.2 Å². The van der Waals surface area contributed by atoms with Crippen molar-refractivity contribution in [2.45, 2.75) is 13.8 Å². The topological polar surface area (TPSA) is 84.7 Å². The maximum atomic E-state index is 12.3. The van der Waals surface area contributed by atoms with Crippen LogP contribution in [-0.2, 0) is 4.79 Å². The van der Waals surface area contributed by atoms with Crippen LogP contribution in [0.3, 0.4) is 0 Å². The summed E-state index contributed by atoms with van der Waals surface area (Å²) < 4.78 is 5.04. The Morgan fingerprint density at radius 3 is 2.57 bits per heavy atom. The molecule has 3 N–H and O–H groups in total. The van der Waals surface area contributed by atoms with Crippen molar-refractivity contribution in [2.75, 3.05) is 33.0 Å². The molecular weight excluding hydrogens is 270 g/mol. The highest BCUT2D eigenvalue weighted by molar-refractivity contribution is 6.00. The van der Waals surface area contributed by atoms with Crippen molar-refractivity contribution in [3.8, 4) is 5.75 Å². The van der Waals surface area contributed by atoms with Crippen LogP contribution in [0.1, 0.15) is 24.2 Å². The fourth-order valence-electron chi connectivity index (χ4n) is 1.73. The first-order chi connectivity index (χ1) is 9.85. The second kappa shape index (κ2) is 7.52. The summed E-state index contributed by atoms with van der Waals surface area (Å²) in [7, 11) is 3.10. The van der Waals surface area contributed by atoms with Gasteiger partial charge in [0.2, 0.25) is 5.91 Å². The number of hydrogen-bond donors (Lipinski definition) is 2. The smallest absolute Gasteiger partial charge is 0.256 e. The van der Waals surface area contributed by atoms with E-state index >= 15 is 0 Å². The van der Waals surface area contributed by atoms with Gasteiger partial charge in [-0.15, -0.1) is 0 Å². The number of ether oxygens (including phenoxy) is 1. The third-order valence-corrected chi connectivity index (χ3v) is 2.92. The van der Waals surface area contributed by atoms with Gasteiger partial charge in [0.25, 0.3) is 5.91 Å². The monoisotopic (exact) mass is 293 g/mol. The maximum Gasteiger partial charge on any atom is 0.256 e. The van der Waals surface area contributed by atoms with E-state index in [2.05, 4.69) is 5.32 Å². The average molecular weight is 293 g/mol. The number of amides is 2. The number of nitrogens with zero attached hydrogens (tertiary/aromatic N) is 1. The molecule has 0 aliphatic carbocycles. The molecule has 0 bridgehead atoms. The van der Waals surface area contributed by atoms with Crippen LogP contribution in [0.5, 0.6) is 5.75 Å². The van der Waals surface area contributed by atoms with Crippen LogP contribution in [-0.4, -0.2) is 44.0 Å². The number of likely N-dealkylation sites (N-methyl/N-ethyl adjacent to an activating group) is 1. The summed E-state index contributed by atoms with van der Waals surface area (Å²) in [5.74, 6) is 0.468. The fourth-order valence-corrected chi connectivity index (χ4v) is 1.73. The molecule has 0 heterocycles. The molecule has 0 unspecified atom stereocenters. The van der Waals surface area contributed by atoms with Gasteiger partial charge in [-0.25, -0.2) is 0 Å². The first-order valence-corrected chi connectivity index (χ1v) is 6.80. The van der Waals surface area contributed by atoms with Crippen LogP contribution in [0.2, 0.25) is 0 Å². The zero-order chi connectivity index (χ0) is 16.0. The van der Waals surface area contributed by atoms with Crippen molar-refractivity contribution >= 4 is 17.5 Å². The summed E-state index contributed by atoms with van der Waals surface area (Å²) in [5.41, 5.74) is 6.52. The lowest BCUT2D eigenvalue weighted by molar-refractivity contribution is -0.121. The fraction of sp³-hybridized carbons (Fsp3) is 0.467. The van der Waals surface area contributed by atoms with E-state index < -0.39 is 0 Å². The first kappa shape index (κ1) is 16.8. The van der Waals surface area contributed by atoms with E-state index in [1.165, 1.54) is 12.0 Å². The van der Waals surface area contributed by atoms with E-state index in [9.17, 15) is 9.59 Å². The molecule has 0 radical (unpaired) electrons. The van der Waals surface area contributed by atoms with Gasteiger partial charge in [-0.05, 0) is 18.1 Å². The highest BCUT2D eigenvalue weighted by Crippen LogP contribution is 2.20. The Bertz CT molecular complexity index is 515. The minimum Gasteiger partial charge on any atom is -0.497 e. The maximum absolute atomic E-state index is 12.3. The minimum atomic E-state index is -0.296. The summed E-state index contributed by atoms with van der Waals surface area (Å²) in [6, 6.07) is 4.84. The number of nitrogens with two attached hydrogens (primary N) is 1. The number of methoxy groups -OCH3 is 1. The number of carbonyl (C=O) groups is 2. The quantitative estimate of drug-likeness (QED) is 0.770. The van der Waals surface area contributed by atoms with Crippen molar-refractivity contribution < 1.29 is 14.3 Å². The van der Waals surface area contributed by atoms with Gasteiger partial charge in [-0.1, -0.05) is 13.8 Å². The third-order valence-electron chi connectivity index (χ3n) is 2.92. The van der Waals surface area contributed by atoms with Gasteiger partial charge in [0.05, 0.1) is 19.2 Å². The molecule has 0 aromatic heterocycles. The van der Waals surface area contributed by atoms with Crippen LogP contribution in [0.25, 0.3) is 0 Å². The highest BCUT2D eigenvalue weighted by Gasteiger charge is 2.17. The summed E-state index contributed by atoms with van der Waals surface area (Å²) in [6.45, 7) is 4.60. The predicted molar refractivity (Wildman–Crippen MR) is 82.2 cm³/mol. The molecule has 0 atom stereocenters. The lowest BCUT2D eigenvalue weighted by atomic mass is 10.1. The second-order valence-corrected chi connectivity index (χ2v) is 5.31. The zero-order valence-corrected chi connectivity index (χ0v) is 13.0. The van der Waals surface area contributed by atoms with Gasteiger partial charge in [0, 0.05) is 25.3 Å². The van der Waals surface area contributed by atoms with Crippen LogP contribution >= 0.6 is 0 Å². The molecule has 6 heteroatoms. The minimum absolute atomic E-state index is 0.00295. The van der Waals surface area contributed by atoms with Crippen LogP contribution in [0, 0.1) is 5.92 Å². The van der Waals surface area contributed by atoms with Crippen molar-refractivity contribution in [3.05, 3.63) is 23.8 Å². The van der Waals surface area contributed by atoms with E-state index in [-0.39, 0.29) is 18.4 Å². The summed E-state index contributed by atoms with van der Waals surface area (Å²) in [4.78, 5) is 25.3. The van der Waals surface area contributed by atoms with Crippen LogP contribution < -0.4 is 15.8 Å². The van der Waals surface area contributed by atoms with E-state index in [0.717, 1.165) is 0 Å². The molecule has 0 saturated carbocycles. The predicted octanol–water partition coefficient (Wildman–Crippen LogP) is 1.12. The van der Waals surface area contributed by atoms with E-state index in [1.54, 1.807) is 25.2 Å². The van der Waals surface area contributed by atoms with E-state index in [0.29, 0.717) is 29.5 Å². The first-order valence-electron chi connectivity index (χ1n) is 6.80. The van der Waals surface area contributed by atoms with E-state index in [1.807, 2.05) is 13.8 Å². The Morgan fingerprint density at radius 1 is 1.38 bits per heavy atom. The largest absolute Gasteiger partial charge is 0.497 e. The number of nitrogen functional groups attached to an aromatic ring is 1. The van der Waals surface area contributed by atoms with Gasteiger partial charge in [-0.2, -0.15) is 0 Å². The number of anilines is 1. The molecule has 0 aliphatic heterocycles. The van der Waals surface area contributed by atoms with Gasteiger partial charge < -0.3 is 20.7 Å². The average Bonchev–Trinajstić information content (AvgIpc) is 2.44. The van der Waals surface area contributed by atoms with Gasteiger partial charge in [0.15, 0.2) is 0 Å². The Kier molecular flexibility index (Phi) is 6.02. The van der Waals surface area contributed by atoms with Crippen LogP contribution in [0.15, 0.2) is 18.2 Å². The highest BCUT2D eigenvalue weighted by atomic mass is 16.5. The van der Waals surface area contributed by atoms with Gasteiger partial charge in [-0.3, -0.25) is 9.59 Å². The molecule has 6 nitrogen and oxygen atoms in total.